The lowest BCUT2D eigenvalue weighted by molar-refractivity contribution is 0.280. The number of thioether (sulfide) groups is 1. The molecule has 0 aliphatic heterocycles. The maximum atomic E-state index is 12.6. The molecule has 0 spiro atoms. The van der Waals surface area contributed by atoms with E-state index in [1.54, 1.807) is 25.3 Å². The van der Waals surface area contributed by atoms with Gasteiger partial charge < -0.3 is 14.5 Å². The third-order valence-corrected chi connectivity index (χ3v) is 6.23. The van der Waals surface area contributed by atoms with Gasteiger partial charge in [0, 0.05) is 16.3 Å². The number of methoxy groups -OCH3 is 1. The van der Waals surface area contributed by atoms with Gasteiger partial charge in [0.1, 0.15) is 11.6 Å². The lowest BCUT2D eigenvalue weighted by Gasteiger charge is -2.13. The van der Waals surface area contributed by atoms with Crippen molar-refractivity contribution in [3.05, 3.63) is 69.0 Å². The number of halogens is 1. The molecular formula is C23H20ClN3O3S. The maximum Gasteiger partial charge on any atom is 0.270 e. The van der Waals surface area contributed by atoms with Crippen LogP contribution in [0.25, 0.3) is 11.3 Å². The highest BCUT2D eigenvalue weighted by Gasteiger charge is 2.23. The van der Waals surface area contributed by atoms with E-state index in [1.807, 2.05) is 30.3 Å². The molecule has 8 heteroatoms. The fourth-order valence-corrected chi connectivity index (χ4v) is 4.17. The Kier molecular flexibility index (Phi) is 6.50. The van der Waals surface area contributed by atoms with Gasteiger partial charge in [0.2, 0.25) is 0 Å². The molecule has 158 valence electrons. The zero-order valence-corrected chi connectivity index (χ0v) is 18.4. The maximum absolute atomic E-state index is 12.6. The highest BCUT2D eigenvalue weighted by molar-refractivity contribution is 7.98. The lowest BCUT2D eigenvalue weighted by atomic mass is 10.1. The van der Waals surface area contributed by atoms with E-state index in [1.165, 1.54) is 24.6 Å². The third kappa shape index (κ3) is 5.04. The van der Waals surface area contributed by atoms with Gasteiger partial charge in [0.25, 0.3) is 5.56 Å². The molecule has 1 N–H and O–H groups in total. The number of aromatic nitrogens is 2. The summed E-state index contributed by atoms with van der Waals surface area (Å²) in [7, 11) is 1.58. The molecule has 31 heavy (non-hydrogen) atoms. The number of nitriles is 1. The summed E-state index contributed by atoms with van der Waals surface area (Å²) in [6, 6.07) is 14.8. The minimum Gasteiger partial charge on any atom is -0.493 e. The molecule has 0 bridgehead atoms. The van der Waals surface area contributed by atoms with Crippen molar-refractivity contribution in [2.45, 2.75) is 23.8 Å². The Morgan fingerprint density at radius 1 is 1.26 bits per heavy atom. The van der Waals surface area contributed by atoms with E-state index < -0.39 is 5.56 Å². The topological polar surface area (TPSA) is 88.0 Å². The first-order chi connectivity index (χ1) is 15.1. The average Bonchev–Trinajstić information content (AvgIpc) is 3.61. The first kappa shape index (κ1) is 21.3. The van der Waals surface area contributed by atoms with Gasteiger partial charge in [-0.05, 0) is 48.6 Å². The van der Waals surface area contributed by atoms with Gasteiger partial charge in [0.05, 0.1) is 19.4 Å². The Balaban J connectivity index is 1.66. The quantitative estimate of drug-likeness (QED) is 0.379. The van der Waals surface area contributed by atoms with Crippen LogP contribution in [-0.2, 0) is 5.75 Å². The molecule has 1 fully saturated rings. The number of nitrogens with zero attached hydrogens (tertiary/aromatic N) is 2. The number of nitrogens with one attached hydrogen (secondary N) is 1. The van der Waals surface area contributed by atoms with Crippen molar-refractivity contribution in [2.24, 2.45) is 5.92 Å². The van der Waals surface area contributed by atoms with Crippen LogP contribution in [0.3, 0.4) is 0 Å². The molecule has 1 aliphatic carbocycles. The molecule has 0 unspecified atom stereocenters. The van der Waals surface area contributed by atoms with Crippen LogP contribution in [0.15, 0.2) is 52.4 Å². The highest BCUT2D eigenvalue weighted by Crippen LogP contribution is 2.36. The first-order valence-corrected chi connectivity index (χ1v) is 11.2. The number of hydrogen-bond donors (Lipinski definition) is 1. The average molecular weight is 454 g/mol. The van der Waals surface area contributed by atoms with Crippen molar-refractivity contribution < 1.29 is 9.47 Å². The fraction of sp³-hybridized carbons (Fsp3) is 0.261. The lowest BCUT2D eigenvalue weighted by Crippen LogP contribution is -2.15. The molecule has 6 nitrogen and oxygen atoms in total. The van der Waals surface area contributed by atoms with Gasteiger partial charge in [0.15, 0.2) is 16.7 Å². The van der Waals surface area contributed by atoms with E-state index in [2.05, 4.69) is 9.97 Å². The van der Waals surface area contributed by atoms with Crippen molar-refractivity contribution in [2.75, 3.05) is 13.7 Å². The Morgan fingerprint density at radius 2 is 2.06 bits per heavy atom. The number of ether oxygens (including phenoxy) is 2. The van der Waals surface area contributed by atoms with Crippen LogP contribution in [0.1, 0.15) is 24.0 Å². The zero-order chi connectivity index (χ0) is 21.8. The second-order valence-electron chi connectivity index (χ2n) is 7.21. The second-order valence-corrected chi connectivity index (χ2v) is 8.58. The van der Waals surface area contributed by atoms with Crippen molar-refractivity contribution in [3.63, 3.8) is 0 Å². The number of aromatic amines is 1. The number of hydrogen-bond acceptors (Lipinski definition) is 6. The van der Waals surface area contributed by atoms with Gasteiger partial charge in [-0.2, -0.15) is 5.26 Å². The van der Waals surface area contributed by atoms with Gasteiger partial charge in [-0.3, -0.25) is 4.79 Å². The second kappa shape index (κ2) is 9.46. The van der Waals surface area contributed by atoms with Gasteiger partial charge in [-0.25, -0.2) is 4.98 Å². The smallest absolute Gasteiger partial charge is 0.270 e. The summed E-state index contributed by atoms with van der Waals surface area (Å²) in [4.78, 5) is 19.8. The number of rotatable bonds is 8. The summed E-state index contributed by atoms with van der Waals surface area (Å²) in [6.07, 6.45) is 2.34. The number of benzene rings is 2. The van der Waals surface area contributed by atoms with E-state index in [4.69, 9.17) is 21.1 Å². The minimum atomic E-state index is -0.481. The Bertz CT molecular complexity index is 1200. The minimum absolute atomic E-state index is 0.0413. The normalized spacial score (nSPS) is 12.9. The van der Waals surface area contributed by atoms with Crippen LogP contribution < -0.4 is 15.0 Å². The molecule has 0 atom stereocenters. The number of H-pyrrole nitrogens is 1. The Morgan fingerprint density at radius 3 is 2.77 bits per heavy atom. The molecule has 2 aromatic carbocycles. The molecule has 1 aromatic heterocycles. The van der Waals surface area contributed by atoms with E-state index in [0.717, 1.165) is 5.56 Å². The highest BCUT2D eigenvalue weighted by atomic mass is 35.5. The monoisotopic (exact) mass is 453 g/mol. The molecule has 0 radical (unpaired) electrons. The molecule has 1 heterocycles. The third-order valence-electron chi connectivity index (χ3n) is 4.94. The van der Waals surface area contributed by atoms with Crippen LogP contribution in [-0.4, -0.2) is 23.7 Å². The van der Waals surface area contributed by atoms with Crippen LogP contribution in [0.2, 0.25) is 5.02 Å². The van der Waals surface area contributed by atoms with E-state index in [9.17, 15) is 10.1 Å². The van der Waals surface area contributed by atoms with Crippen LogP contribution in [0.5, 0.6) is 11.5 Å². The standard InChI is InChI=1S/C23H20ClN3O3S/c1-29-19-9-8-15(10-20(19)30-12-14-6-7-14)21-17(11-25)22(28)27-23(26-21)31-13-16-4-2-3-5-18(16)24/h2-5,8-10,14H,6-7,12-13H2,1H3,(H,26,27,28). The largest absolute Gasteiger partial charge is 0.493 e. The predicted octanol–water partition coefficient (Wildman–Crippen LogP) is 5.05. The summed E-state index contributed by atoms with van der Waals surface area (Å²) < 4.78 is 11.3. The van der Waals surface area contributed by atoms with Crippen LogP contribution >= 0.6 is 23.4 Å². The van der Waals surface area contributed by atoms with Gasteiger partial charge in [-0.1, -0.05) is 41.6 Å². The van der Waals surface area contributed by atoms with E-state index in [0.29, 0.717) is 51.2 Å². The van der Waals surface area contributed by atoms with Gasteiger partial charge in [-0.15, -0.1) is 0 Å². The molecule has 4 rings (SSSR count). The van der Waals surface area contributed by atoms with Crippen molar-refractivity contribution in [3.8, 4) is 28.8 Å². The summed E-state index contributed by atoms with van der Waals surface area (Å²) in [5, 5.41) is 10.6. The Hall–Kier alpha value is -2.95. The summed E-state index contributed by atoms with van der Waals surface area (Å²) in [6.45, 7) is 0.618. The Labute approximate surface area is 189 Å². The van der Waals surface area contributed by atoms with Crippen molar-refractivity contribution >= 4 is 23.4 Å². The molecule has 3 aromatic rings. The van der Waals surface area contributed by atoms with E-state index in [-0.39, 0.29) is 5.56 Å². The van der Waals surface area contributed by atoms with Gasteiger partial charge >= 0.3 is 0 Å². The van der Waals surface area contributed by atoms with E-state index >= 15 is 0 Å². The van der Waals surface area contributed by atoms with Crippen molar-refractivity contribution in [1.82, 2.24) is 9.97 Å². The van der Waals surface area contributed by atoms with Crippen LogP contribution in [0.4, 0.5) is 0 Å². The summed E-state index contributed by atoms with van der Waals surface area (Å²) in [5.41, 5.74) is 1.34. The first-order valence-electron chi connectivity index (χ1n) is 9.81. The summed E-state index contributed by atoms with van der Waals surface area (Å²) in [5.74, 6) is 2.28. The van der Waals surface area contributed by atoms with Crippen molar-refractivity contribution in [1.29, 1.82) is 5.26 Å². The predicted molar refractivity (Wildman–Crippen MR) is 121 cm³/mol. The molecular weight excluding hydrogens is 434 g/mol. The fourth-order valence-electron chi connectivity index (χ4n) is 3.02. The molecule has 1 aliphatic rings. The zero-order valence-electron chi connectivity index (χ0n) is 16.9. The molecule has 0 saturated heterocycles. The molecule has 0 amide bonds. The SMILES string of the molecule is COc1ccc(-c2nc(SCc3ccccc3Cl)[nH]c(=O)c2C#N)cc1OCC1CC1. The summed E-state index contributed by atoms with van der Waals surface area (Å²) >= 11 is 7.57. The molecule has 1 saturated carbocycles. The van der Waals surface area contributed by atoms with Crippen LogP contribution in [0, 0.1) is 17.2 Å².